The minimum Gasteiger partial charge on any atom is -0.480 e. The summed E-state index contributed by atoms with van der Waals surface area (Å²) in [6, 6.07) is 5.68. The number of methoxy groups -OCH3 is 2. The van der Waals surface area contributed by atoms with Crippen molar-refractivity contribution in [3.8, 4) is 0 Å². The number of ether oxygens (including phenoxy) is 2. The first kappa shape index (κ1) is 58.4. The maximum absolute atomic E-state index is 15.1. The molecule has 8 atom stereocenters. The molecule has 1 fully saturated rings. The van der Waals surface area contributed by atoms with Crippen molar-refractivity contribution >= 4 is 47.3 Å². The zero-order valence-electron chi connectivity index (χ0n) is 43.7. The SMILES string of the molecule is CCCCN(C(=O)CNC(=O)[C@H](C(C)C)N(C)C(=O)CCCCCN1C(=O)C=CC1=O)[C@@H]([C@@H](C)CC)[C@@H](CC(=O)N1C2=C/C=C\C=C/C=C2C[C@H]1[C@H](OC)[C@@H](C)C(=O)N[C@@H](Cc1ccccc1)C(=O)O)OC. The van der Waals surface area contributed by atoms with Gasteiger partial charge in [0.05, 0.1) is 43.2 Å². The number of carbonyl (C=O) groups is 8. The lowest BCUT2D eigenvalue weighted by Gasteiger charge is -2.41. The van der Waals surface area contributed by atoms with Gasteiger partial charge in [0.15, 0.2) is 0 Å². The number of rotatable bonds is 29. The molecule has 72 heavy (non-hydrogen) atoms. The molecule has 0 saturated carbocycles. The van der Waals surface area contributed by atoms with Crippen LogP contribution >= 0.6 is 0 Å². The lowest BCUT2D eigenvalue weighted by molar-refractivity contribution is -0.147. The highest BCUT2D eigenvalue weighted by atomic mass is 16.5. The van der Waals surface area contributed by atoms with E-state index in [2.05, 4.69) is 10.6 Å². The number of nitrogens with zero attached hydrogens (tertiary/aromatic N) is 4. The number of nitrogens with one attached hydrogen (secondary N) is 2. The number of aliphatic carboxylic acids is 1. The molecule has 1 aromatic carbocycles. The highest BCUT2D eigenvalue weighted by Gasteiger charge is 2.46. The Labute approximate surface area is 425 Å². The van der Waals surface area contributed by atoms with E-state index in [1.165, 1.54) is 36.2 Å². The van der Waals surface area contributed by atoms with Crippen molar-refractivity contribution in [2.45, 2.75) is 142 Å². The molecule has 3 N–H and O–H groups in total. The highest BCUT2D eigenvalue weighted by Crippen LogP contribution is 2.39. The monoisotopic (exact) mass is 999 g/mol. The molecule has 4 rings (SSSR count). The van der Waals surface area contributed by atoms with Gasteiger partial charge in [-0.3, -0.25) is 38.5 Å². The van der Waals surface area contributed by atoms with Crippen LogP contribution in [-0.2, 0) is 54.3 Å². The molecule has 7 amide bonds. The molecule has 0 radical (unpaired) electrons. The summed E-state index contributed by atoms with van der Waals surface area (Å²) in [7, 11) is 4.56. The minimum atomic E-state index is -1.20. The first-order valence-corrected chi connectivity index (χ1v) is 25.5. The Bertz CT molecular complexity index is 2200. The van der Waals surface area contributed by atoms with Crippen LogP contribution in [0.15, 0.2) is 90.2 Å². The summed E-state index contributed by atoms with van der Waals surface area (Å²) in [4.78, 5) is 113. The van der Waals surface area contributed by atoms with E-state index in [-0.39, 0.29) is 73.7 Å². The molecule has 1 aromatic rings. The van der Waals surface area contributed by atoms with E-state index in [1.807, 2.05) is 77.1 Å². The predicted molar refractivity (Wildman–Crippen MR) is 273 cm³/mol. The maximum Gasteiger partial charge on any atom is 0.326 e. The van der Waals surface area contributed by atoms with Crippen LogP contribution in [0.1, 0.15) is 105 Å². The van der Waals surface area contributed by atoms with Crippen LogP contribution in [0.5, 0.6) is 0 Å². The normalized spacial score (nSPS) is 19.1. The summed E-state index contributed by atoms with van der Waals surface area (Å²) in [6.45, 7) is 11.6. The van der Waals surface area contributed by atoms with Crippen molar-refractivity contribution in [2.75, 3.05) is 40.9 Å². The molecule has 0 bridgehead atoms. The number of imide groups is 1. The van der Waals surface area contributed by atoms with Crippen LogP contribution in [0.3, 0.4) is 0 Å². The molecule has 1 saturated heterocycles. The number of allylic oxidation sites excluding steroid dienone is 7. The molecule has 1 aliphatic carbocycles. The Morgan fingerprint density at radius 3 is 2.10 bits per heavy atom. The van der Waals surface area contributed by atoms with Gasteiger partial charge in [-0.25, -0.2) is 4.79 Å². The highest BCUT2D eigenvalue weighted by molar-refractivity contribution is 6.12. The van der Waals surface area contributed by atoms with Crippen LogP contribution in [-0.4, -0.2) is 149 Å². The van der Waals surface area contributed by atoms with E-state index in [0.29, 0.717) is 50.8 Å². The summed E-state index contributed by atoms with van der Waals surface area (Å²) in [5.74, 6) is -5.17. The number of carboxylic acids is 1. The zero-order chi connectivity index (χ0) is 53.1. The number of fused-ring (bicyclic) bond motifs is 1. The third-order valence-electron chi connectivity index (χ3n) is 14.0. The van der Waals surface area contributed by atoms with Gasteiger partial charge in [0, 0.05) is 65.0 Å². The zero-order valence-corrected chi connectivity index (χ0v) is 43.7. The van der Waals surface area contributed by atoms with Crippen molar-refractivity contribution in [1.82, 2.24) is 30.2 Å². The fourth-order valence-corrected chi connectivity index (χ4v) is 9.82. The summed E-state index contributed by atoms with van der Waals surface area (Å²) >= 11 is 0. The Kier molecular flexibility index (Phi) is 23.3. The smallest absolute Gasteiger partial charge is 0.326 e. The van der Waals surface area contributed by atoms with E-state index in [4.69, 9.17) is 9.47 Å². The van der Waals surface area contributed by atoms with Crippen LogP contribution in [0.4, 0.5) is 0 Å². The number of likely N-dealkylation sites (tertiary alicyclic amines) is 1. The first-order valence-electron chi connectivity index (χ1n) is 25.5. The third-order valence-corrected chi connectivity index (χ3v) is 14.0. The predicted octanol–water partition coefficient (Wildman–Crippen LogP) is 5.52. The fraction of sp³-hybridized carbons (Fsp3) is 0.564. The average molecular weight is 999 g/mol. The van der Waals surface area contributed by atoms with Gasteiger partial charge in [-0.15, -0.1) is 0 Å². The van der Waals surface area contributed by atoms with E-state index in [0.717, 1.165) is 17.6 Å². The topological polar surface area (TPSA) is 212 Å². The van der Waals surface area contributed by atoms with Crippen molar-refractivity contribution in [2.24, 2.45) is 17.8 Å². The van der Waals surface area contributed by atoms with Crippen molar-refractivity contribution in [1.29, 1.82) is 0 Å². The Balaban J connectivity index is 1.53. The molecular formula is C55H78N6O11. The van der Waals surface area contributed by atoms with E-state index in [1.54, 1.807) is 48.0 Å². The van der Waals surface area contributed by atoms with E-state index < -0.39 is 60.1 Å². The quantitative estimate of drug-likeness (QED) is 0.0672. The first-order chi connectivity index (χ1) is 34.4. The molecule has 2 aliphatic heterocycles. The number of carboxylic acid groups (broad SMARTS) is 1. The lowest BCUT2D eigenvalue weighted by atomic mass is 9.89. The van der Waals surface area contributed by atoms with Crippen LogP contribution < -0.4 is 10.6 Å². The van der Waals surface area contributed by atoms with Gasteiger partial charge in [0.2, 0.25) is 29.5 Å². The number of carbonyl (C=O) groups excluding carboxylic acids is 7. The second-order valence-corrected chi connectivity index (χ2v) is 19.3. The molecule has 0 aromatic heterocycles. The number of amides is 7. The number of hydrogen-bond acceptors (Lipinski definition) is 10. The van der Waals surface area contributed by atoms with Gasteiger partial charge < -0.3 is 39.9 Å². The number of likely N-dealkylation sites (N-methyl/N-ethyl adjacent to an activating group) is 1. The van der Waals surface area contributed by atoms with Crippen molar-refractivity contribution < 1.29 is 52.9 Å². The fourth-order valence-electron chi connectivity index (χ4n) is 9.82. The summed E-state index contributed by atoms with van der Waals surface area (Å²) in [5.41, 5.74) is 2.21. The van der Waals surface area contributed by atoms with Gasteiger partial charge in [-0.05, 0) is 54.7 Å². The summed E-state index contributed by atoms with van der Waals surface area (Å²) < 4.78 is 12.3. The standard InChI is InChI=1S/C55H78N6O11/c1-10-12-30-60(49(66)35-56-54(68)50(36(3)4)58(7)45(62)27-21-16-22-31-59-46(63)28-29-47(59)64)51(37(5)11-2)44(71-8)34-48(65)61-42-26-20-14-13-19-25-40(42)33-43(61)52(72-9)38(6)53(67)57-41(55(69)70)32-39-23-17-15-18-24-39/h13-15,17-20,23-26,28-29,36-38,41,43-44,50-52H,10-12,16,21-22,27,30-35H2,1-9H3,(H,56,68)(H,57,67)(H,69,70)/b14-13?,19-13-,20-14-,25-19?,26-20?,40-25?,42-26?/t37-,38+,41-,43-,44+,50-,51-,52+/m0/s1. The summed E-state index contributed by atoms with van der Waals surface area (Å²) in [6.07, 6.45) is 16.1. The Morgan fingerprint density at radius 1 is 0.833 bits per heavy atom. The van der Waals surface area contributed by atoms with E-state index >= 15 is 4.79 Å². The van der Waals surface area contributed by atoms with Crippen LogP contribution in [0, 0.1) is 17.8 Å². The van der Waals surface area contributed by atoms with Gasteiger partial charge in [-0.2, -0.15) is 0 Å². The molecule has 17 heteroatoms. The molecule has 3 aliphatic rings. The number of unbranched alkanes of at least 4 members (excludes halogenated alkanes) is 3. The number of benzene rings is 1. The van der Waals surface area contributed by atoms with Crippen molar-refractivity contribution in [3.05, 3.63) is 95.8 Å². The summed E-state index contributed by atoms with van der Waals surface area (Å²) in [5, 5.41) is 15.6. The van der Waals surface area contributed by atoms with E-state index in [9.17, 15) is 38.7 Å². The van der Waals surface area contributed by atoms with Gasteiger partial charge in [0.25, 0.3) is 11.8 Å². The van der Waals surface area contributed by atoms with Crippen LogP contribution in [0.2, 0.25) is 0 Å². The maximum atomic E-state index is 15.1. The Morgan fingerprint density at radius 2 is 1.50 bits per heavy atom. The molecular weight excluding hydrogens is 921 g/mol. The van der Waals surface area contributed by atoms with Gasteiger partial charge in [0.1, 0.15) is 12.1 Å². The van der Waals surface area contributed by atoms with Crippen molar-refractivity contribution in [3.63, 3.8) is 0 Å². The molecule has 17 nitrogen and oxygen atoms in total. The number of hydrogen-bond donors (Lipinski definition) is 3. The second kappa shape index (κ2) is 28.7. The minimum absolute atomic E-state index is 0.0762. The Hall–Kier alpha value is -6.20. The lowest BCUT2D eigenvalue weighted by Crippen LogP contribution is -2.57. The molecule has 0 spiro atoms. The third kappa shape index (κ3) is 15.6. The van der Waals surface area contributed by atoms with Gasteiger partial charge in [-0.1, -0.05) is 122 Å². The molecule has 0 unspecified atom stereocenters. The molecule has 394 valence electrons. The van der Waals surface area contributed by atoms with Gasteiger partial charge >= 0.3 is 5.97 Å². The van der Waals surface area contributed by atoms with Crippen LogP contribution in [0.25, 0.3) is 0 Å². The average Bonchev–Trinajstić information content (AvgIpc) is 3.86. The molecule has 2 heterocycles. The second-order valence-electron chi connectivity index (χ2n) is 19.3. The largest absolute Gasteiger partial charge is 0.480 e.